The number of hydrogen-bond donors (Lipinski definition) is 0. The highest BCUT2D eigenvalue weighted by Gasteiger charge is 2.45. The maximum Gasteiger partial charge on any atom is 0.416 e. The average molecular weight is 399 g/mol. The molecule has 0 N–H and O–H groups in total. The number of esters is 1. The fraction of sp³-hybridized carbons (Fsp3) is 0.278. The highest BCUT2D eigenvalue weighted by Crippen LogP contribution is 2.46. The molecule has 0 radical (unpaired) electrons. The molecule has 1 aliphatic heterocycles. The minimum Gasteiger partial charge on any atom is -0.466 e. The second-order valence-corrected chi connectivity index (χ2v) is 7.70. The summed E-state index contributed by atoms with van der Waals surface area (Å²) in [7, 11) is -4.11. The van der Waals surface area contributed by atoms with Gasteiger partial charge in [-0.25, -0.2) is 8.42 Å². The van der Waals surface area contributed by atoms with Gasteiger partial charge in [0, 0.05) is 0 Å². The van der Waals surface area contributed by atoms with Crippen molar-refractivity contribution in [1.82, 2.24) is 0 Å². The standard InChI is InChI=1S/C18H16F3NO4S/c1-2-26-17(23)11-15-14-10-12(18(19,20)21)8-9-16(14)27(24,25)22(15)13-6-4-3-5-7-13/h3-10,15H,2,11H2,1H3/t15-/m0/s1. The Balaban J connectivity index is 2.17. The highest BCUT2D eigenvalue weighted by molar-refractivity contribution is 7.93. The number of ether oxygens (including phenoxy) is 1. The van der Waals surface area contributed by atoms with Crippen LogP contribution in [0.4, 0.5) is 18.9 Å². The number of para-hydroxylation sites is 1. The predicted octanol–water partition coefficient (Wildman–Crippen LogP) is 3.91. The smallest absolute Gasteiger partial charge is 0.416 e. The van der Waals surface area contributed by atoms with E-state index in [9.17, 15) is 26.4 Å². The third kappa shape index (κ3) is 3.51. The zero-order chi connectivity index (χ0) is 19.8. The summed E-state index contributed by atoms with van der Waals surface area (Å²) in [4.78, 5) is 11.8. The topological polar surface area (TPSA) is 63.7 Å². The van der Waals surface area contributed by atoms with E-state index in [0.717, 1.165) is 22.5 Å². The van der Waals surface area contributed by atoms with Gasteiger partial charge in [-0.15, -0.1) is 0 Å². The quantitative estimate of drug-likeness (QED) is 0.732. The van der Waals surface area contributed by atoms with Gasteiger partial charge in [0.1, 0.15) is 0 Å². The predicted molar refractivity (Wildman–Crippen MR) is 91.5 cm³/mol. The van der Waals surface area contributed by atoms with E-state index in [1.165, 1.54) is 12.1 Å². The van der Waals surface area contributed by atoms with E-state index in [4.69, 9.17) is 4.74 Å². The summed E-state index contributed by atoms with van der Waals surface area (Å²) < 4.78 is 71.2. The van der Waals surface area contributed by atoms with Crippen molar-refractivity contribution in [2.75, 3.05) is 10.9 Å². The lowest BCUT2D eigenvalue weighted by molar-refractivity contribution is -0.143. The summed E-state index contributed by atoms with van der Waals surface area (Å²) >= 11 is 0. The Morgan fingerprint density at radius 3 is 2.41 bits per heavy atom. The van der Waals surface area contributed by atoms with E-state index in [1.54, 1.807) is 25.1 Å². The van der Waals surface area contributed by atoms with Crippen LogP contribution in [0.25, 0.3) is 0 Å². The van der Waals surface area contributed by atoms with E-state index in [1.807, 2.05) is 0 Å². The van der Waals surface area contributed by atoms with Gasteiger partial charge in [-0.05, 0) is 42.8 Å². The van der Waals surface area contributed by atoms with Gasteiger partial charge in [-0.3, -0.25) is 9.10 Å². The van der Waals surface area contributed by atoms with Crippen molar-refractivity contribution in [2.24, 2.45) is 0 Å². The fourth-order valence-electron chi connectivity index (χ4n) is 3.08. The number of carbonyl (C=O) groups is 1. The maximum atomic E-state index is 13.1. The monoisotopic (exact) mass is 399 g/mol. The number of halogens is 3. The van der Waals surface area contributed by atoms with E-state index >= 15 is 0 Å². The van der Waals surface area contributed by atoms with Crippen LogP contribution in [-0.2, 0) is 25.7 Å². The summed E-state index contributed by atoms with van der Waals surface area (Å²) in [5.41, 5.74) is -0.779. The van der Waals surface area contributed by atoms with Crippen LogP contribution in [0.15, 0.2) is 53.4 Å². The number of sulfonamides is 1. The lowest BCUT2D eigenvalue weighted by atomic mass is 10.0. The van der Waals surface area contributed by atoms with E-state index in [2.05, 4.69) is 0 Å². The van der Waals surface area contributed by atoms with Crippen LogP contribution < -0.4 is 4.31 Å². The zero-order valence-electron chi connectivity index (χ0n) is 14.2. The minimum atomic E-state index is -4.63. The van der Waals surface area contributed by atoms with Crippen LogP contribution in [0.1, 0.15) is 30.5 Å². The Morgan fingerprint density at radius 2 is 1.81 bits per heavy atom. The summed E-state index contributed by atoms with van der Waals surface area (Å²) in [5, 5.41) is 0. The van der Waals surface area contributed by atoms with Gasteiger partial charge >= 0.3 is 12.1 Å². The van der Waals surface area contributed by atoms with Crippen LogP contribution in [0.3, 0.4) is 0 Å². The van der Waals surface area contributed by atoms with Crippen molar-refractivity contribution in [1.29, 1.82) is 0 Å². The molecule has 2 aromatic rings. The molecule has 0 spiro atoms. The lowest BCUT2D eigenvalue weighted by Crippen LogP contribution is -2.30. The van der Waals surface area contributed by atoms with Crippen LogP contribution in [-0.4, -0.2) is 21.0 Å². The first kappa shape index (κ1) is 19.2. The SMILES string of the molecule is CCOC(=O)C[C@H]1c2cc(C(F)(F)F)ccc2S(=O)(=O)N1c1ccccc1. The number of benzene rings is 2. The number of rotatable bonds is 4. The Labute approximate surface area is 154 Å². The molecular formula is C18H16F3NO4S. The first-order valence-electron chi connectivity index (χ1n) is 8.12. The van der Waals surface area contributed by atoms with Crippen LogP contribution >= 0.6 is 0 Å². The molecule has 3 rings (SSSR count). The molecule has 2 aromatic carbocycles. The van der Waals surface area contributed by atoms with Crippen molar-refractivity contribution < 1.29 is 31.1 Å². The molecule has 1 atom stereocenters. The lowest BCUT2D eigenvalue weighted by Gasteiger charge is -2.25. The van der Waals surface area contributed by atoms with Gasteiger partial charge in [0.05, 0.1) is 35.2 Å². The molecule has 144 valence electrons. The normalized spacial score (nSPS) is 18.2. The molecule has 0 bridgehead atoms. The van der Waals surface area contributed by atoms with Gasteiger partial charge < -0.3 is 4.74 Å². The summed E-state index contributed by atoms with van der Waals surface area (Å²) in [6, 6.07) is 9.28. The number of anilines is 1. The van der Waals surface area contributed by atoms with Crippen LogP contribution in [0, 0.1) is 0 Å². The van der Waals surface area contributed by atoms with Crippen molar-refractivity contribution >= 4 is 21.7 Å². The number of hydrogen-bond acceptors (Lipinski definition) is 4. The highest BCUT2D eigenvalue weighted by atomic mass is 32.2. The van der Waals surface area contributed by atoms with E-state index in [0.29, 0.717) is 0 Å². The maximum absolute atomic E-state index is 13.1. The number of carbonyl (C=O) groups excluding carboxylic acids is 1. The second-order valence-electron chi connectivity index (χ2n) is 5.91. The largest absolute Gasteiger partial charge is 0.466 e. The molecule has 27 heavy (non-hydrogen) atoms. The second kappa shape index (κ2) is 6.88. The number of nitrogens with zero attached hydrogens (tertiary/aromatic N) is 1. The van der Waals surface area contributed by atoms with Crippen LogP contribution in [0.2, 0.25) is 0 Å². The van der Waals surface area contributed by atoms with Gasteiger partial charge in [-0.2, -0.15) is 13.2 Å². The summed E-state index contributed by atoms with van der Waals surface area (Å²) in [6.07, 6.45) is -5.02. The molecule has 5 nitrogen and oxygen atoms in total. The average Bonchev–Trinajstić information content (AvgIpc) is 2.82. The van der Waals surface area contributed by atoms with Crippen molar-refractivity contribution in [3.63, 3.8) is 0 Å². The van der Waals surface area contributed by atoms with E-state index < -0.39 is 40.2 Å². The number of fused-ring (bicyclic) bond motifs is 1. The molecule has 0 aliphatic carbocycles. The summed E-state index contributed by atoms with van der Waals surface area (Å²) in [5.74, 6) is -0.691. The summed E-state index contributed by atoms with van der Waals surface area (Å²) in [6.45, 7) is 1.67. The van der Waals surface area contributed by atoms with Gasteiger partial charge in [-0.1, -0.05) is 18.2 Å². The fourth-order valence-corrected chi connectivity index (χ4v) is 4.95. The third-order valence-electron chi connectivity index (χ3n) is 4.19. The number of alkyl halides is 3. The van der Waals surface area contributed by atoms with Gasteiger partial charge in [0.25, 0.3) is 10.0 Å². The van der Waals surface area contributed by atoms with E-state index in [-0.39, 0.29) is 22.8 Å². The molecule has 0 unspecified atom stereocenters. The molecule has 1 aliphatic rings. The van der Waals surface area contributed by atoms with Crippen LogP contribution in [0.5, 0.6) is 0 Å². The Bertz CT molecular complexity index is 958. The Hall–Kier alpha value is -2.55. The van der Waals surface area contributed by atoms with Gasteiger partial charge in [0.15, 0.2) is 0 Å². The molecular weight excluding hydrogens is 383 g/mol. The minimum absolute atomic E-state index is 0.0678. The Morgan fingerprint density at radius 1 is 1.15 bits per heavy atom. The molecule has 0 aromatic heterocycles. The van der Waals surface area contributed by atoms with Gasteiger partial charge in [0.2, 0.25) is 0 Å². The molecule has 1 heterocycles. The Kier molecular flexibility index (Phi) is 4.90. The molecule has 0 amide bonds. The first-order valence-corrected chi connectivity index (χ1v) is 9.56. The molecule has 0 fully saturated rings. The third-order valence-corrected chi connectivity index (χ3v) is 6.10. The molecule has 9 heteroatoms. The zero-order valence-corrected chi connectivity index (χ0v) is 15.0. The van der Waals surface area contributed by atoms with Crippen molar-refractivity contribution in [2.45, 2.75) is 30.5 Å². The first-order chi connectivity index (χ1) is 12.7. The molecule has 0 saturated heterocycles. The van der Waals surface area contributed by atoms with Crippen molar-refractivity contribution in [3.05, 3.63) is 59.7 Å². The van der Waals surface area contributed by atoms with Crippen molar-refractivity contribution in [3.8, 4) is 0 Å². The molecule has 0 saturated carbocycles.